The van der Waals surface area contributed by atoms with Crippen LogP contribution in [0.3, 0.4) is 0 Å². The van der Waals surface area contributed by atoms with Crippen LogP contribution in [0.2, 0.25) is 0 Å². The molecule has 0 saturated heterocycles. The summed E-state index contributed by atoms with van der Waals surface area (Å²) >= 11 is 0. The van der Waals surface area contributed by atoms with Crippen LogP contribution < -0.4 is 15.8 Å². The molecule has 0 aliphatic rings. The molecule has 0 unspecified atom stereocenters. The highest BCUT2D eigenvalue weighted by atomic mass is 16.5. The molecule has 25 heavy (non-hydrogen) atoms. The number of methoxy groups -OCH3 is 1. The van der Waals surface area contributed by atoms with Crippen molar-refractivity contribution in [1.82, 2.24) is 25.1 Å². The average molecular weight is 331 g/mol. The minimum atomic E-state index is -0.264. The molecule has 4 aromatic heterocycles. The molecular formula is C17H14BN5O2. The number of H-pyrrole nitrogens is 2. The van der Waals surface area contributed by atoms with Gasteiger partial charge >= 0.3 is 0 Å². The molecule has 4 heterocycles. The van der Waals surface area contributed by atoms with E-state index in [-0.39, 0.29) is 5.56 Å². The van der Waals surface area contributed by atoms with Crippen LogP contribution in [-0.2, 0) is 0 Å². The Morgan fingerprint density at radius 3 is 2.72 bits per heavy atom. The van der Waals surface area contributed by atoms with E-state index in [4.69, 9.17) is 4.74 Å². The van der Waals surface area contributed by atoms with Gasteiger partial charge in [0.25, 0.3) is 5.56 Å². The van der Waals surface area contributed by atoms with Gasteiger partial charge in [0, 0.05) is 29.7 Å². The Kier molecular flexibility index (Phi) is 3.57. The number of fused-ring (bicyclic) bond motifs is 1. The van der Waals surface area contributed by atoms with Crippen molar-refractivity contribution in [2.45, 2.75) is 0 Å². The van der Waals surface area contributed by atoms with Gasteiger partial charge in [-0.15, -0.1) is 0 Å². The number of aromatic amines is 2. The normalized spacial score (nSPS) is 10.9. The zero-order valence-corrected chi connectivity index (χ0v) is 13.7. The molecule has 2 N–H and O–H groups in total. The lowest BCUT2D eigenvalue weighted by molar-refractivity contribution is 0.399. The number of pyridine rings is 2. The van der Waals surface area contributed by atoms with Crippen molar-refractivity contribution in [1.29, 1.82) is 0 Å². The molecule has 8 heteroatoms. The van der Waals surface area contributed by atoms with Crippen LogP contribution in [0.4, 0.5) is 0 Å². The predicted molar refractivity (Wildman–Crippen MR) is 97.9 cm³/mol. The largest absolute Gasteiger partial charge is 0.481 e. The molecule has 0 aliphatic carbocycles. The third kappa shape index (κ3) is 2.57. The van der Waals surface area contributed by atoms with Crippen molar-refractivity contribution in [2.75, 3.05) is 7.11 Å². The number of nitrogens with one attached hydrogen (secondary N) is 2. The molecule has 0 radical (unpaired) electrons. The maximum Gasteiger partial charge on any atom is 0.273 e. The summed E-state index contributed by atoms with van der Waals surface area (Å²) in [5.74, 6) is 0.530. The van der Waals surface area contributed by atoms with Crippen molar-refractivity contribution in [3.8, 4) is 28.4 Å². The Morgan fingerprint density at radius 2 is 1.96 bits per heavy atom. The van der Waals surface area contributed by atoms with Crippen LogP contribution in [-0.4, -0.2) is 40.1 Å². The van der Waals surface area contributed by atoms with Gasteiger partial charge in [-0.1, -0.05) is 0 Å². The highest BCUT2D eigenvalue weighted by molar-refractivity contribution is 6.41. The smallest absolute Gasteiger partial charge is 0.273 e. The van der Waals surface area contributed by atoms with E-state index in [1.165, 1.54) is 0 Å². The van der Waals surface area contributed by atoms with Gasteiger partial charge in [0.15, 0.2) is 0 Å². The maximum atomic E-state index is 12.4. The fourth-order valence-electron chi connectivity index (χ4n) is 2.82. The Bertz CT molecular complexity index is 1120. The quantitative estimate of drug-likeness (QED) is 0.537. The van der Waals surface area contributed by atoms with Gasteiger partial charge < -0.3 is 9.72 Å². The first-order valence-electron chi connectivity index (χ1n) is 7.71. The minimum Gasteiger partial charge on any atom is -0.481 e. The van der Waals surface area contributed by atoms with E-state index in [9.17, 15) is 4.79 Å². The van der Waals surface area contributed by atoms with Gasteiger partial charge in [-0.3, -0.25) is 9.78 Å². The molecule has 0 atom stereocenters. The van der Waals surface area contributed by atoms with Crippen LogP contribution in [0.1, 0.15) is 0 Å². The van der Waals surface area contributed by atoms with Crippen LogP contribution in [0.25, 0.3) is 33.5 Å². The standard InChI is InChI=1S/C17H14BN5O2/c1-25-13-3-2-11-16(21-13)14(18)15(20-11)10-8-12(22-23-17(10)24)9-4-6-19-7-5-9/h2-8,20H,18H2,1H3,(H,23,24). The second kappa shape index (κ2) is 5.90. The highest BCUT2D eigenvalue weighted by Crippen LogP contribution is 2.22. The Labute approximate surface area is 143 Å². The van der Waals surface area contributed by atoms with E-state index in [0.717, 1.165) is 27.8 Å². The molecule has 7 nitrogen and oxygen atoms in total. The van der Waals surface area contributed by atoms with Crippen molar-refractivity contribution in [2.24, 2.45) is 0 Å². The molecule has 0 bridgehead atoms. The summed E-state index contributed by atoms with van der Waals surface area (Å²) < 4.78 is 5.18. The van der Waals surface area contributed by atoms with Crippen molar-refractivity contribution < 1.29 is 4.74 Å². The monoisotopic (exact) mass is 331 g/mol. The number of nitrogens with zero attached hydrogens (tertiary/aromatic N) is 3. The summed E-state index contributed by atoms with van der Waals surface area (Å²) in [7, 11) is 3.50. The van der Waals surface area contributed by atoms with Crippen molar-refractivity contribution in [3.05, 3.63) is 53.1 Å². The van der Waals surface area contributed by atoms with Gasteiger partial charge in [-0.05, 0) is 29.7 Å². The summed E-state index contributed by atoms with van der Waals surface area (Å²) in [6.45, 7) is 0. The molecular weight excluding hydrogens is 317 g/mol. The van der Waals surface area contributed by atoms with Crippen molar-refractivity contribution in [3.63, 3.8) is 0 Å². The zero-order valence-electron chi connectivity index (χ0n) is 13.7. The van der Waals surface area contributed by atoms with Gasteiger partial charge in [0.2, 0.25) is 5.88 Å². The minimum absolute atomic E-state index is 0.264. The molecule has 0 aromatic carbocycles. The predicted octanol–water partition coefficient (Wildman–Crippen LogP) is 0.642. The maximum absolute atomic E-state index is 12.4. The van der Waals surface area contributed by atoms with Gasteiger partial charge in [-0.2, -0.15) is 5.10 Å². The van der Waals surface area contributed by atoms with Gasteiger partial charge in [0.1, 0.15) is 7.85 Å². The number of rotatable bonds is 3. The number of hydrogen-bond donors (Lipinski definition) is 2. The lowest BCUT2D eigenvalue weighted by Gasteiger charge is -2.03. The molecule has 0 spiro atoms. The summed E-state index contributed by atoms with van der Waals surface area (Å²) in [6.07, 6.45) is 3.37. The first kappa shape index (κ1) is 15.1. The van der Waals surface area contributed by atoms with E-state index in [1.54, 1.807) is 31.6 Å². The zero-order chi connectivity index (χ0) is 17.4. The van der Waals surface area contributed by atoms with Gasteiger partial charge in [-0.25, -0.2) is 10.1 Å². The number of hydrogen-bond acceptors (Lipinski definition) is 5. The SMILES string of the molecule is Bc1c(-c2cc(-c3ccncc3)n[nH]c2=O)[nH]c2ccc(OC)nc12. The topological polar surface area (TPSA) is 96.6 Å². The van der Waals surface area contributed by atoms with Gasteiger partial charge in [0.05, 0.1) is 29.4 Å². The molecule has 0 fully saturated rings. The molecule has 4 aromatic rings. The molecule has 0 saturated carbocycles. The van der Waals surface area contributed by atoms with E-state index >= 15 is 0 Å². The first-order chi connectivity index (χ1) is 12.2. The van der Waals surface area contributed by atoms with Crippen LogP contribution in [0.5, 0.6) is 5.88 Å². The fraction of sp³-hybridized carbons (Fsp3) is 0.0588. The lowest BCUT2D eigenvalue weighted by Crippen LogP contribution is -2.16. The number of aromatic nitrogens is 5. The van der Waals surface area contributed by atoms with E-state index < -0.39 is 0 Å². The second-order valence-electron chi connectivity index (χ2n) is 5.61. The van der Waals surface area contributed by atoms with Crippen LogP contribution in [0, 0.1) is 0 Å². The van der Waals surface area contributed by atoms with Crippen LogP contribution >= 0.6 is 0 Å². The second-order valence-corrected chi connectivity index (χ2v) is 5.61. The third-order valence-corrected chi connectivity index (χ3v) is 4.12. The van der Waals surface area contributed by atoms with Crippen molar-refractivity contribution >= 4 is 24.3 Å². The fourth-order valence-corrected chi connectivity index (χ4v) is 2.82. The van der Waals surface area contributed by atoms with E-state index in [2.05, 4.69) is 25.1 Å². The first-order valence-corrected chi connectivity index (χ1v) is 7.71. The van der Waals surface area contributed by atoms with E-state index in [1.807, 2.05) is 26.0 Å². The Hall–Kier alpha value is -3.42. The summed E-state index contributed by atoms with van der Waals surface area (Å²) in [6, 6.07) is 9.12. The summed E-state index contributed by atoms with van der Waals surface area (Å²) in [5.41, 5.74) is 5.00. The highest BCUT2D eigenvalue weighted by Gasteiger charge is 2.15. The Morgan fingerprint density at radius 1 is 1.16 bits per heavy atom. The average Bonchev–Trinajstić information content (AvgIpc) is 2.99. The molecule has 0 aliphatic heterocycles. The number of ether oxygens (including phenoxy) is 1. The van der Waals surface area contributed by atoms with Crippen LogP contribution in [0.15, 0.2) is 47.5 Å². The molecule has 122 valence electrons. The summed E-state index contributed by atoms with van der Waals surface area (Å²) in [5, 5.41) is 6.70. The lowest BCUT2D eigenvalue weighted by atomic mass is 9.92. The Balaban J connectivity index is 1.91. The third-order valence-electron chi connectivity index (χ3n) is 4.12. The summed E-state index contributed by atoms with van der Waals surface area (Å²) in [4.78, 5) is 24.1. The molecule has 4 rings (SSSR count). The molecule has 0 amide bonds. The van der Waals surface area contributed by atoms with E-state index in [0.29, 0.717) is 17.1 Å².